The normalized spacial score (nSPS) is 18.1. The number of rotatable bonds is 7. The number of aromatic nitrogens is 2. The van der Waals surface area contributed by atoms with E-state index in [0.29, 0.717) is 11.6 Å². The number of fused-ring (bicyclic) bond motifs is 1. The van der Waals surface area contributed by atoms with Crippen LogP contribution in [-0.2, 0) is 16.0 Å². The van der Waals surface area contributed by atoms with Crippen molar-refractivity contribution in [2.45, 2.75) is 50.9 Å². The summed E-state index contributed by atoms with van der Waals surface area (Å²) in [6.07, 6.45) is 2.30. The lowest BCUT2D eigenvalue weighted by molar-refractivity contribution is -0.138. The van der Waals surface area contributed by atoms with E-state index in [1.54, 1.807) is 6.20 Å². The summed E-state index contributed by atoms with van der Waals surface area (Å²) in [5, 5.41) is 3.94. The van der Waals surface area contributed by atoms with Crippen molar-refractivity contribution in [2.75, 3.05) is 6.54 Å². The molecule has 1 saturated heterocycles. The Morgan fingerprint density at radius 2 is 1.79 bits per heavy atom. The predicted molar refractivity (Wildman–Crippen MR) is 145 cm³/mol. The van der Waals surface area contributed by atoms with Crippen LogP contribution in [0.15, 0.2) is 85.2 Å². The standard InChI is InChI=1S/C31H31FN4O2/c1-20(2)23-13-14-27(34-18-23)30(21-8-4-3-5-9-21)35-31(38)28-17-24(32)19-36(28)29(37)16-22-10-6-12-26-25(22)11-7-15-33-26/h3-15,18,20,24,28,30H,16-17,19H2,1-2H3,(H,35,38). The smallest absolute Gasteiger partial charge is 0.243 e. The molecule has 1 aliphatic rings. The van der Waals surface area contributed by atoms with Gasteiger partial charge in [0, 0.05) is 24.2 Å². The highest BCUT2D eigenvalue weighted by Crippen LogP contribution is 2.27. The molecular formula is C31H31FN4O2. The molecule has 3 unspecified atom stereocenters. The summed E-state index contributed by atoms with van der Waals surface area (Å²) in [6, 6.07) is 21.4. The first-order valence-electron chi connectivity index (χ1n) is 13.0. The second kappa shape index (κ2) is 11.1. The zero-order chi connectivity index (χ0) is 26.6. The van der Waals surface area contributed by atoms with E-state index in [2.05, 4.69) is 29.1 Å². The first kappa shape index (κ1) is 25.5. The van der Waals surface area contributed by atoms with Crippen molar-refractivity contribution in [1.82, 2.24) is 20.2 Å². The molecule has 4 aromatic rings. The molecule has 3 heterocycles. The first-order valence-corrected chi connectivity index (χ1v) is 13.0. The largest absolute Gasteiger partial charge is 0.342 e. The lowest BCUT2D eigenvalue weighted by Crippen LogP contribution is -2.47. The number of likely N-dealkylation sites (tertiary alicyclic amines) is 1. The fourth-order valence-electron chi connectivity index (χ4n) is 5.04. The highest BCUT2D eigenvalue weighted by Gasteiger charge is 2.40. The van der Waals surface area contributed by atoms with Gasteiger partial charge in [-0.3, -0.25) is 19.6 Å². The Labute approximate surface area is 221 Å². The molecule has 1 N–H and O–H groups in total. The zero-order valence-corrected chi connectivity index (χ0v) is 21.5. The van der Waals surface area contributed by atoms with Crippen LogP contribution in [0.2, 0.25) is 0 Å². The Morgan fingerprint density at radius 3 is 2.53 bits per heavy atom. The molecule has 0 bridgehead atoms. The Morgan fingerprint density at radius 1 is 0.974 bits per heavy atom. The Kier molecular flexibility index (Phi) is 7.45. The summed E-state index contributed by atoms with van der Waals surface area (Å²) in [5.74, 6) is -0.336. The van der Waals surface area contributed by atoms with Crippen LogP contribution in [0.4, 0.5) is 4.39 Å². The van der Waals surface area contributed by atoms with Gasteiger partial charge in [0.2, 0.25) is 11.8 Å². The zero-order valence-electron chi connectivity index (χ0n) is 21.5. The van der Waals surface area contributed by atoms with Gasteiger partial charge in [0.15, 0.2) is 0 Å². The molecular weight excluding hydrogens is 479 g/mol. The van der Waals surface area contributed by atoms with Gasteiger partial charge in [0.1, 0.15) is 12.2 Å². The van der Waals surface area contributed by atoms with E-state index in [1.807, 2.05) is 79.0 Å². The van der Waals surface area contributed by atoms with Crippen molar-refractivity contribution in [3.8, 4) is 0 Å². The van der Waals surface area contributed by atoms with Crippen LogP contribution < -0.4 is 5.32 Å². The number of alkyl halides is 1. The monoisotopic (exact) mass is 510 g/mol. The number of benzene rings is 2. The summed E-state index contributed by atoms with van der Waals surface area (Å²) in [7, 11) is 0. The molecule has 0 radical (unpaired) electrons. The van der Waals surface area contributed by atoms with Crippen molar-refractivity contribution >= 4 is 22.7 Å². The summed E-state index contributed by atoms with van der Waals surface area (Å²) < 4.78 is 14.6. The molecule has 3 atom stereocenters. The maximum absolute atomic E-state index is 14.6. The number of pyridine rings is 2. The van der Waals surface area contributed by atoms with Crippen LogP contribution in [0.25, 0.3) is 10.9 Å². The van der Waals surface area contributed by atoms with E-state index in [1.165, 1.54) is 4.90 Å². The van der Waals surface area contributed by atoms with Crippen LogP contribution in [0, 0.1) is 0 Å². The van der Waals surface area contributed by atoms with Crippen molar-refractivity contribution in [2.24, 2.45) is 0 Å². The molecule has 2 amide bonds. The molecule has 7 heteroatoms. The maximum atomic E-state index is 14.6. The SMILES string of the molecule is CC(C)c1ccc(C(NC(=O)C2CC(F)CN2C(=O)Cc2cccc3ncccc23)c2ccccc2)nc1. The minimum Gasteiger partial charge on any atom is -0.342 e. The van der Waals surface area contributed by atoms with Crippen LogP contribution in [0.3, 0.4) is 0 Å². The molecule has 1 fully saturated rings. The third kappa shape index (κ3) is 5.42. The minimum atomic E-state index is -1.26. The van der Waals surface area contributed by atoms with Gasteiger partial charge in [-0.15, -0.1) is 0 Å². The number of carbonyl (C=O) groups excluding carboxylic acids is 2. The van der Waals surface area contributed by atoms with Crippen LogP contribution >= 0.6 is 0 Å². The fourth-order valence-corrected chi connectivity index (χ4v) is 5.04. The van der Waals surface area contributed by atoms with Crippen LogP contribution in [-0.4, -0.2) is 45.4 Å². The Bertz CT molecular complexity index is 1420. The van der Waals surface area contributed by atoms with E-state index in [9.17, 15) is 14.0 Å². The Balaban J connectivity index is 1.38. The van der Waals surface area contributed by atoms with Gasteiger partial charge in [-0.1, -0.05) is 68.4 Å². The highest BCUT2D eigenvalue weighted by atomic mass is 19.1. The maximum Gasteiger partial charge on any atom is 0.243 e. The minimum absolute atomic E-state index is 0.0319. The summed E-state index contributed by atoms with van der Waals surface area (Å²) in [5.41, 5.74) is 4.24. The number of nitrogens with zero attached hydrogens (tertiary/aromatic N) is 3. The molecule has 2 aromatic carbocycles. The molecule has 0 aliphatic carbocycles. The summed E-state index contributed by atoms with van der Waals surface area (Å²) >= 11 is 0. The molecule has 6 nitrogen and oxygen atoms in total. The third-order valence-electron chi connectivity index (χ3n) is 7.14. The van der Waals surface area contributed by atoms with Crippen LogP contribution in [0.5, 0.6) is 0 Å². The number of hydrogen-bond donors (Lipinski definition) is 1. The molecule has 0 saturated carbocycles. The van der Waals surface area contributed by atoms with Gasteiger partial charge in [-0.05, 0) is 40.8 Å². The molecule has 0 spiro atoms. The van der Waals surface area contributed by atoms with Gasteiger partial charge in [-0.25, -0.2) is 4.39 Å². The highest BCUT2D eigenvalue weighted by molar-refractivity contribution is 5.92. The third-order valence-corrected chi connectivity index (χ3v) is 7.14. The Hall–Kier alpha value is -4.13. The van der Waals surface area contributed by atoms with Crippen molar-refractivity contribution in [1.29, 1.82) is 0 Å². The van der Waals surface area contributed by atoms with Crippen molar-refractivity contribution in [3.05, 3.63) is 108 Å². The van der Waals surface area contributed by atoms with E-state index >= 15 is 0 Å². The van der Waals surface area contributed by atoms with Crippen molar-refractivity contribution < 1.29 is 14.0 Å². The lowest BCUT2D eigenvalue weighted by atomic mass is 10.00. The topological polar surface area (TPSA) is 75.2 Å². The molecule has 5 rings (SSSR count). The first-order chi connectivity index (χ1) is 18.4. The number of nitrogens with one attached hydrogen (secondary N) is 1. The van der Waals surface area contributed by atoms with E-state index < -0.39 is 18.3 Å². The van der Waals surface area contributed by atoms with Gasteiger partial charge in [-0.2, -0.15) is 0 Å². The molecule has 1 aliphatic heterocycles. The number of halogens is 1. The van der Waals surface area contributed by atoms with Crippen molar-refractivity contribution in [3.63, 3.8) is 0 Å². The van der Waals surface area contributed by atoms with Gasteiger partial charge in [0.25, 0.3) is 0 Å². The van der Waals surface area contributed by atoms with Gasteiger partial charge >= 0.3 is 0 Å². The lowest BCUT2D eigenvalue weighted by Gasteiger charge is -2.27. The van der Waals surface area contributed by atoms with E-state index in [4.69, 9.17) is 0 Å². The number of amides is 2. The van der Waals surface area contributed by atoms with E-state index in [0.717, 1.165) is 27.6 Å². The second-order valence-corrected chi connectivity index (χ2v) is 10.1. The molecule has 38 heavy (non-hydrogen) atoms. The van der Waals surface area contributed by atoms with Crippen LogP contribution in [0.1, 0.15) is 54.6 Å². The average molecular weight is 511 g/mol. The predicted octanol–water partition coefficient (Wildman–Crippen LogP) is 5.14. The van der Waals surface area contributed by atoms with E-state index in [-0.39, 0.29) is 31.2 Å². The van der Waals surface area contributed by atoms with Gasteiger partial charge < -0.3 is 10.2 Å². The summed E-state index contributed by atoms with van der Waals surface area (Å²) in [6.45, 7) is 4.10. The number of hydrogen-bond acceptors (Lipinski definition) is 4. The average Bonchev–Trinajstić information content (AvgIpc) is 3.34. The number of carbonyl (C=O) groups is 2. The second-order valence-electron chi connectivity index (χ2n) is 10.1. The molecule has 2 aromatic heterocycles. The van der Waals surface area contributed by atoms with Gasteiger partial charge in [0.05, 0.1) is 30.2 Å². The molecule has 194 valence electrons. The summed E-state index contributed by atoms with van der Waals surface area (Å²) in [4.78, 5) is 37.4. The quantitative estimate of drug-likeness (QED) is 0.374. The fraction of sp³-hybridized carbons (Fsp3) is 0.290.